The minimum Gasteiger partial charge on any atom is -0.489 e. The fourth-order valence-electron chi connectivity index (χ4n) is 2.52. The molecule has 0 aliphatic rings. The van der Waals surface area contributed by atoms with Crippen LogP contribution in [0, 0.1) is 5.41 Å². The summed E-state index contributed by atoms with van der Waals surface area (Å²) in [5.74, 6) is 0.766. The van der Waals surface area contributed by atoms with E-state index in [2.05, 4.69) is 20.8 Å². The van der Waals surface area contributed by atoms with Gasteiger partial charge in [-0.3, -0.25) is 4.90 Å². The van der Waals surface area contributed by atoms with Crippen molar-refractivity contribution >= 4 is 11.8 Å². The maximum absolute atomic E-state index is 12.7. The second-order valence-electron chi connectivity index (χ2n) is 8.90. The fraction of sp³-hybridized carbons (Fsp3) is 0.435. The molecular formula is C23H31NO3. The average Bonchev–Trinajstić information content (AvgIpc) is 2.57. The lowest BCUT2D eigenvalue weighted by atomic mass is 9.96. The van der Waals surface area contributed by atoms with Gasteiger partial charge in [-0.2, -0.15) is 0 Å². The van der Waals surface area contributed by atoms with Crippen LogP contribution in [0.2, 0.25) is 0 Å². The van der Waals surface area contributed by atoms with Crippen LogP contribution in [-0.4, -0.2) is 18.2 Å². The van der Waals surface area contributed by atoms with E-state index in [1.807, 2.05) is 75.4 Å². The molecule has 0 aliphatic heterocycles. The predicted octanol–water partition coefficient (Wildman–Crippen LogP) is 6.05. The Morgan fingerprint density at radius 2 is 1.48 bits per heavy atom. The van der Waals surface area contributed by atoms with Crippen molar-refractivity contribution in [3.63, 3.8) is 0 Å². The van der Waals surface area contributed by atoms with Crippen LogP contribution in [-0.2, 0) is 11.3 Å². The largest absolute Gasteiger partial charge is 0.489 e. The minimum absolute atomic E-state index is 0.0562. The first-order valence-corrected chi connectivity index (χ1v) is 9.31. The van der Waals surface area contributed by atoms with Gasteiger partial charge in [-0.15, -0.1) is 0 Å². The molecule has 1 amide bonds. The van der Waals surface area contributed by atoms with E-state index in [1.54, 1.807) is 4.90 Å². The van der Waals surface area contributed by atoms with Crippen molar-refractivity contribution in [1.29, 1.82) is 0 Å². The molecule has 2 aromatic rings. The molecular weight excluding hydrogens is 338 g/mol. The zero-order valence-corrected chi connectivity index (χ0v) is 17.3. The van der Waals surface area contributed by atoms with Crippen LogP contribution in [0.25, 0.3) is 0 Å². The molecule has 0 spiro atoms. The monoisotopic (exact) mass is 369 g/mol. The van der Waals surface area contributed by atoms with Crippen molar-refractivity contribution in [2.45, 2.75) is 53.8 Å². The Labute approximate surface area is 163 Å². The number of ether oxygens (including phenoxy) is 2. The van der Waals surface area contributed by atoms with Gasteiger partial charge in [0.05, 0.1) is 0 Å². The summed E-state index contributed by atoms with van der Waals surface area (Å²) in [6.07, 6.45) is -0.338. The van der Waals surface area contributed by atoms with Crippen LogP contribution in [0.4, 0.5) is 10.5 Å². The van der Waals surface area contributed by atoms with Crippen molar-refractivity contribution in [1.82, 2.24) is 0 Å². The van der Waals surface area contributed by atoms with Gasteiger partial charge in [-0.05, 0) is 56.0 Å². The number of anilines is 1. The third-order valence-corrected chi connectivity index (χ3v) is 3.64. The normalized spacial score (nSPS) is 11.8. The Hall–Kier alpha value is -2.49. The van der Waals surface area contributed by atoms with Gasteiger partial charge in [0.25, 0.3) is 0 Å². The first kappa shape index (κ1) is 20.8. The first-order valence-electron chi connectivity index (χ1n) is 9.31. The van der Waals surface area contributed by atoms with Gasteiger partial charge >= 0.3 is 6.09 Å². The molecule has 0 bridgehead atoms. The van der Waals surface area contributed by atoms with E-state index in [-0.39, 0.29) is 11.5 Å². The second kappa shape index (κ2) is 8.47. The summed E-state index contributed by atoms with van der Waals surface area (Å²) in [4.78, 5) is 14.4. The quantitative estimate of drug-likeness (QED) is 0.643. The zero-order valence-electron chi connectivity index (χ0n) is 17.3. The first-order chi connectivity index (χ1) is 12.5. The zero-order chi connectivity index (χ0) is 20.1. The van der Waals surface area contributed by atoms with Gasteiger partial charge in [0.2, 0.25) is 0 Å². The lowest BCUT2D eigenvalue weighted by Gasteiger charge is -2.32. The standard InChI is InChI=1S/C23H31NO3/c1-22(2,3)17-24(21(25)27-23(4,5)6)19-12-14-20(15-13-19)26-16-18-10-8-7-9-11-18/h7-15H,16-17H2,1-6H3. The highest BCUT2D eigenvalue weighted by Crippen LogP contribution is 2.26. The molecule has 0 unspecified atom stereocenters. The van der Waals surface area contributed by atoms with E-state index in [0.29, 0.717) is 13.2 Å². The molecule has 0 atom stereocenters. The van der Waals surface area contributed by atoms with Gasteiger partial charge < -0.3 is 9.47 Å². The highest BCUT2D eigenvalue weighted by molar-refractivity contribution is 5.88. The van der Waals surface area contributed by atoms with Gasteiger partial charge in [0.1, 0.15) is 18.0 Å². The summed E-state index contributed by atoms with van der Waals surface area (Å²) in [5, 5.41) is 0. The number of carbonyl (C=O) groups excluding carboxylic acids is 1. The van der Waals surface area contributed by atoms with Crippen molar-refractivity contribution in [2.75, 3.05) is 11.4 Å². The van der Waals surface area contributed by atoms with Crippen molar-refractivity contribution in [3.05, 3.63) is 60.2 Å². The Balaban J connectivity index is 2.12. The smallest absolute Gasteiger partial charge is 0.414 e. The van der Waals surface area contributed by atoms with E-state index in [9.17, 15) is 4.79 Å². The summed E-state index contributed by atoms with van der Waals surface area (Å²) in [6.45, 7) is 13.0. The average molecular weight is 370 g/mol. The lowest BCUT2D eigenvalue weighted by Crippen LogP contribution is -2.41. The number of hydrogen-bond donors (Lipinski definition) is 0. The molecule has 2 rings (SSSR count). The van der Waals surface area contributed by atoms with Gasteiger partial charge in [0, 0.05) is 12.2 Å². The Bertz CT molecular complexity index is 725. The SMILES string of the molecule is CC(C)(C)CN(C(=O)OC(C)(C)C)c1ccc(OCc2ccccc2)cc1. The summed E-state index contributed by atoms with van der Waals surface area (Å²) in [7, 11) is 0. The van der Waals surface area contributed by atoms with Crippen LogP contribution in [0.3, 0.4) is 0 Å². The molecule has 0 N–H and O–H groups in total. The molecule has 0 radical (unpaired) electrons. The summed E-state index contributed by atoms with van der Waals surface area (Å²) >= 11 is 0. The van der Waals surface area contributed by atoms with Crippen molar-refractivity contribution in [3.8, 4) is 5.75 Å². The molecule has 0 aromatic heterocycles. The van der Waals surface area contributed by atoms with Crippen LogP contribution in [0.15, 0.2) is 54.6 Å². The number of rotatable bonds is 5. The van der Waals surface area contributed by atoms with Crippen LogP contribution < -0.4 is 9.64 Å². The molecule has 146 valence electrons. The minimum atomic E-state index is -0.536. The molecule has 4 nitrogen and oxygen atoms in total. The summed E-state index contributed by atoms with van der Waals surface area (Å²) in [5.41, 5.74) is 1.32. The van der Waals surface area contributed by atoms with Crippen molar-refractivity contribution in [2.24, 2.45) is 5.41 Å². The van der Waals surface area contributed by atoms with E-state index in [4.69, 9.17) is 9.47 Å². The molecule has 0 aliphatic carbocycles. The molecule has 2 aromatic carbocycles. The third-order valence-electron chi connectivity index (χ3n) is 3.64. The van der Waals surface area contributed by atoms with Crippen molar-refractivity contribution < 1.29 is 14.3 Å². The number of hydrogen-bond acceptors (Lipinski definition) is 3. The molecule has 0 heterocycles. The molecule has 0 saturated carbocycles. The van der Waals surface area contributed by atoms with Gasteiger partial charge in [-0.25, -0.2) is 4.79 Å². The molecule has 0 fully saturated rings. The summed E-state index contributed by atoms with van der Waals surface area (Å²) < 4.78 is 11.4. The van der Waals surface area contributed by atoms with E-state index in [1.165, 1.54) is 0 Å². The van der Waals surface area contributed by atoms with E-state index >= 15 is 0 Å². The highest BCUT2D eigenvalue weighted by Gasteiger charge is 2.27. The maximum atomic E-state index is 12.7. The lowest BCUT2D eigenvalue weighted by molar-refractivity contribution is 0.0568. The predicted molar refractivity (Wildman–Crippen MR) is 110 cm³/mol. The van der Waals surface area contributed by atoms with Crippen LogP contribution >= 0.6 is 0 Å². The Kier molecular flexibility index (Phi) is 6.53. The second-order valence-corrected chi connectivity index (χ2v) is 8.90. The molecule has 4 heteroatoms. The summed E-state index contributed by atoms with van der Waals surface area (Å²) in [6, 6.07) is 17.6. The van der Waals surface area contributed by atoms with Gasteiger partial charge in [-0.1, -0.05) is 51.1 Å². The highest BCUT2D eigenvalue weighted by atomic mass is 16.6. The van der Waals surface area contributed by atoms with E-state index < -0.39 is 5.60 Å². The number of nitrogens with zero attached hydrogens (tertiary/aromatic N) is 1. The number of carbonyl (C=O) groups is 1. The third kappa shape index (κ3) is 7.33. The Morgan fingerprint density at radius 1 is 0.889 bits per heavy atom. The molecule has 0 saturated heterocycles. The topological polar surface area (TPSA) is 38.8 Å². The number of amides is 1. The number of benzene rings is 2. The van der Waals surface area contributed by atoms with Gasteiger partial charge in [0.15, 0.2) is 0 Å². The fourth-order valence-corrected chi connectivity index (χ4v) is 2.52. The Morgan fingerprint density at radius 3 is 2.00 bits per heavy atom. The maximum Gasteiger partial charge on any atom is 0.414 e. The van der Waals surface area contributed by atoms with Crippen LogP contribution in [0.1, 0.15) is 47.1 Å². The molecule has 27 heavy (non-hydrogen) atoms. The van der Waals surface area contributed by atoms with E-state index in [0.717, 1.165) is 17.0 Å². The van der Waals surface area contributed by atoms with Crippen LogP contribution in [0.5, 0.6) is 5.75 Å².